The van der Waals surface area contributed by atoms with Crippen LogP contribution in [0.25, 0.3) is 0 Å². The van der Waals surface area contributed by atoms with Crippen molar-refractivity contribution in [3.8, 4) is 11.5 Å². The summed E-state index contributed by atoms with van der Waals surface area (Å²) in [6.07, 6.45) is 2.80. The molecule has 2 aromatic rings. The van der Waals surface area contributed by atoms with Crippen molar-refractivity contribution in [2.45, 2.75) is 51.2 Å². The summed E-state index contributed by atoms with van der Waals surface area (Å²) in [7, 11) is 5.21. The summed E-state index contributed by atoms with van der Waals surface area (Å²) in [6.45, 7) is 10.3. The van der Waals surface area contributed by atoms with Gasteiger partial charge in [-0.15, -0.1) is 0 Å². The third-order valence-electron chi connectivity index (χ3n) is 5.98. The summed E-state index contributed by atoms with van der Waals surface area (Å²) in [5.74, 6) is 2.34. The molecule has 0 saturated carbocycles. The Bertz CT molecular complexity index is 961. The van der Waals surface area contributed by atoms with Crippen LogP contribution in [0.15, 0.2) is 29.4 Å². The number of nitrogens with zero attached hydrogens (tertiary/aromatic N) is 4. The zero-order valence-corrected chi connectivity index (χ0v) is 23.9. The van der Waals surface area contributed by atoms with Gasteiger partial charge in [-0.1, -0.05) is 43.3 Å². The first-order valence-corrected chi connectivity index (χ1v) is 13.8. The van der Waals surface area contributed by atoms with E-state index in [9.17, 15) is 4.79 Å². The molecular weight excluding hydrogens is 498 g/mol. The van der Waals surface area contributed by atoms with Crippen LogP contribution in [0.4, 0.5) is 5.82 Å². The first kappa shape index (κ1) is 30.0. The Hall–Kier alpha value is -2.23. The number of carbonyl (C=O) groups excluding carboxylic acids is 1. The van der Waals surface area contributed by atoms with E-state index >= 15 is 0 Å². The zero-order valence-electron chi connectivity index (χ0n) is 22.3. The molecule has 0 aliphatic carbocycles. The minimum Gasteiger partial charge on any atom is -0.493 e. The third kappa shape index (κ3) is 10.0. The normalized spacial score (nSPS) is 11.9. The van der Waals surface area contributed by atoms with Gasteiger partial charge in [-0.3, -0.25) is 4.79 Å². The molecule has 0 spiro atoms. The Morgan fingerprint density at radius 3 is 2.50 bits per heavy atom. The second kappa shape index (κ2) is 15.8. The highest BCUT2D eigenvalue weighted by molar-refractivity contribution is 7.99. The summed E-state index contributed by atoms with van der Waals surface area (Å²) in [6, 6.07) is 7.77. The first-order chi connectivity index (χ1) is 17.3. The van der Waals surface area contributed by atoms with Crippen molar-refractivity contribution in [2.24, 2.45) is 0 Å². The van der Waals surface area contributed by atoms with Crippen molar-refractivity contribution in [3.05, 3.63) is 35.0 Å². The fourth-order valence-corrected chi connectivity index (χ4v) is 4.66. The molecule has 1 atom stereocenters. The standard InChI is InChI=1S/C26H40ClN5O3S/c1-7-32(8-2)14-9-10-19(3)28-25(33)18-36-26-29-23(27)17-24(30-26)31(4)15-13-20-11-12-21(34-5)22(16-20)35-6/h11-12,16-17,19H,7-10,13-15,18H2,1-6H3,(H,28,33). The van der Waals surface area contributed by atoms with Crippen LogP contribution in [0, 0.1) is 0 Å². The van der Waals surface area contributed by atoms with Crippen molar-refractivity contribution < 1.29 is 14.3 Å². The van der Waals surface area contributed by atoms with Gasteiger partial charge in [0.1, 0.15) is 11.0 Å². The predicted octanol–water partition coefficient (Wildman–Crippen LogP) is 4.54. The van der Waals surface area contributed by atoms with Gasteiger partial charge >= 0.3 is 0 Å². The number of thioether (sulfide) groups is 1. The molecule has 36 heavy (non-hydrogen) atoms. The molecule has 2 rings (SSSR count). The van der Waals surface area contributed by atoms with E-state index in [2.05, 4.69) is 34.0 Å². The molecule has 0 saturated heterocycles. The molecule has 1 heterocycles. The van der Waals surface area contributed by atoms with Gasteiger partial charge in [0, 0.05) is 25.7 Å². The van der Waals surface area contributed by atoms with Gasteiger partial charge < -0.3 is 24.6 Å². The van der Waals surface area contributed by atoms with E-state index < -0.39 is 0 Å². The summed E-state index contributed by atoms with van der Waals surface area (Å²) in [5.41, 5.74) is 1.12. The second-order valence-electron chi connectivity index (χ2n) is 8.62. The molecule has 1 amide bonds. The summed E-state index contributed by atoms with van der Waals surface area (Å²) in [5, 5.41) is 3.91. The number of carbonyl (C=O) groups is 1. The highest BCUT2D eigenvalue weighted by Crippen LogP contribution is 2.28. The number of anilines is 1. The van der Waals surface area contributed by atoms with E-state index in [0.29, 0.717) is 27.6 Å². The molecule has 10 heteroatoms. The van der Waals surface area contributed by atoms with Gasteiger partial charge in [0.2, 0.25) is 5.91 Å². The Morgan fingerprint density at radius 2 is 1.83 bits per heavy atom. The number of nitrogens with one attached hydrogen (secondary N) is 1. The third-order valence-corrected chi connectivity index (χ3v) is 7.02. The fraction of sp³-hybridized carbons (Fsp3) is 0.577. The lowest BCUT2D eigenvalue weighted by molar-refractivity contribution is -0.119. The number of hydrogen-bond acceptors (Lipinski definition) is 8. The number of rotatable bonds is 16. The van der Waals surface area contributed by atoms with E-state index in [1.807, 2.05) is 37.1 Å². The van der Waals surface area contributed by atoms with E-state index in [1.54, 1.807) is 20.3 Å². The summed E-state index contributed by atoms with van der Waals surface area (Å²) >= 11 is 7.56. The number of hydrogen-bond donors (Lipinski definition) is 1. The van der Waals surface area contributed by atoms with Crippen molar-refractivity contribution in [1.29, 1.82) is 0 Å². The predicted molar refractivity (Wildman–Crippen MR) is 149 cm³/mol. The van der Waals surface area contributed by atoms with Crippen molar-refractivity contribution >= 4 is 35.1 Å². The number of halogens is 1. The summed E-state index contributed by atoms with van der Waals surface area (Å²) < 4.78 is 10.7. The Morgan fingerprint density at radius 1 is 1.11 bits per heavy atom. The lowest BCUT2D eigenvalue weighted by atomic mass is 10.1. The fourth-order valence-electron chi connectivity index (χ4n) is 3.77. The number of benzene rings is 1. The monoisotopic (exact) mass is 537 g/mol. The second-order valence-corrected chi connectivity index (χ2v) is 9.95. The highest BCUT2D eigenvalue weighted by Gasteiger charge is 2.13. The minimum absolute atomic E-state index is 0.0257. The van der Waals surface area contributed by atoms with Gasteiger partial charge in [-0.05, 0) is 63.5 Å². The maximum Gasteiger partial charge on any atom is 0.230 e. The van der Waals surface area contributed by atoms with Crippen LogP contribution in [0.2, 0.25) is 5.15 Å². The zero-order chi connectivity index (χ0) is 26.5. The van der Waals surface area contributed by atoms with Gasteiger partial charge in [0.15, 0.2) is 16.7 Å². The van der Waals surface area contributed by atoms with Gasteiger partial charge in [0.05, 0.1) is 20.0 Å². The molecule has 200 valence electrons. The number of amides is 1. The average Bonchev–Trinajstić information content (AvgIpc) is 2.88. The molecule has 1 aromatic carbocycles. The molecule has 0 radical (unpaired) electrons. The number of likely N-dealkylation sites (N-methyl/N-ethyl adjacent to an activating group) is 1. The molecule has 1 unspecified atom stereocenters. The molecule has 8 nitrogen and oxygen atoms in total. The quantitative estimate of drug-likeness (QED) is 0.190. The van der Waals surface area contributed by atoms with Crippen LogP contribution in [0.3, 0.4) is 0 Å². The Kier molecular flexibility index (Phi) is 13.2. The van der Waals surface area contributed by atoms with E-state index in [4.69, 9.17) is 21.1 Å². The summed E-state index contributed by atoms with van der Waals surface area (Å²) in [4.78, 5) is 25.7. The van der Waals surface area contributed by atoms with Crippen molar-refractivity contribution in [2.75, 3.05) is 58.1 Å². The average molecular weight is 538 g/mol. The lowest BCUT2D eigenvalue weighted by Crippen LogP contribution is -2.34. The van der Waals surface area contributed by atoms with Crippen LogP contribution < -0.4 is 19.7 Å². The van der Waals surface area contributed by atoms with Crippen LogP contribution in [-0.4, -0.2) is 80.0 Å². The molecule has 0 fully saturated rings. The Labute approximate surface area is 225 Å². The van der Waals surface area contributed by atoms with Crippen molar-refractivity contribution in [3.63, 3.8) is 0 Å². The minimum atomic E-state index is -0.0257. The highest BCUT2D eigenvalue weighted by atomic mass is 35.5. The SMILES string of the molecule is CCN(CC)CCCC(C)NC(=O)CSc1nc(Cl)cc(N(C)CCc2ccc(OC)c(OC)c2)n1. The van der Waals surface area contributed by atoms with E-state index in [1.165, 1.54) is 11.8 Å². The molecule has 0 aliphatic rings. The van der Waals surface area contributed by atoms with Crippen LogP contribution >= 0.6 is 23.4 Å². The molecule has 0 aliphatic heterocycles. The number of methoxy groups -OCH3 is 2. The number of aromatic nitrogens is 2. The van der Waals surface area contributed by atoms with E-state index in [0.717, 1.165) is 51.0 Å². The van der Waals surface area contributed by atoms with Gasteiger partial charge in [-0.25, -0.2) is 9.97 Å². The van der Waals surface area contributed by atoms with E-state index in [-0.39, 0.29) is 17.7 Å². The van der Waals surface area contributed by atoms with Crippen LogP contribution in [-0.2, 0) is 11.2 Å². The largest absolute Gasteiger partial charge is 0.493 e. The topological polar surface area (TPSA) is 79.8 Å². The smallest absolute Gasteiger partial charge is 0.230 e. The molecule has 1 aromatic heterocycles. The first-order valence-electron chi connectivity index (χ1n) is 12.4. The maximum atomic E-state index is 12.4. The lowest BCUT2D eigenvalue weighted by Gasteiger charge is -2.20. The molecule has 0 bridgehead atoms. The molecular formula is C26H40ClN5O3S. The van der Waals surface area contributed by atoms with Gasteiger partial charge in [-0.2, -0.15) is 0 Å². The Balaban J connectivity index is 1.86. The molecule has 1 N–H and O–H groups in total. The van der Waals surface area contributed by atoms with Crippen molar-refractivity contribution in [1.82, 2.24) is 20.2 Å². The van der Waals surface area contributed by atoms with Crippen LogP contribution in [0.1, 0.15) is 39.2 Å². The maximum absolute atomic E-state index is 12.4. The van der Waals surface area contributed by atoms with Gasteiger partial charge in [0.25, 0.3) is 0 Å². The number of ether oxygens (including phenoxy) is 2. The van der Waals surface area contributed by atoms with Crippen LogP contribution in [0.5, 0.6) is 11.5 Å².